The summed E-state index contributed by atoms with van der Waals surface area (Å²) in [7, 11) is 0. The molecular weight excluding hydrogens is 368 g/mol. The number of carbonyl (C=O) groups excluding carboxylic acids is 5. The molecule has 0 saturated heterocycles. The number of phenols is 1. The molecule has 0 fully saturated rings. The van der Waals surface area contributed by atoms with Crippen LogP contribution in [0.2, 0.25) is 0 Å². The fraction of sp³-hybridized carbons (Fsp3) is 0.350. The second-order valence-corrected chi connectivity index (χ2v) is 7.08. The molecule has 28 heavy (non-hydrogen) atoms. The molecule has 8 nitrogen and oxygen atoms in total. The van der Waals surface area contributed by atoms with Crippen molar-refractivity contribution in [3.05, 3.63) is 28.5 Å². The van der Waals surface area contributed by atoms with Gasteiger partial charge in [0.2, 0.25) is 0 Å². The van der Waals surface area contributed by atoms with Crippen LogP contribution < -0.4 is 9.47 Å². The molecule has 1 aromatic carbocycles. The van der Waals surface area contributed by atoms with Gasteiger partial charge in [-0.15, -0.1) is 0 Å². The summed E-state index contributed by atoms with van der Waals surface area (Å²) >= 11 is 0. The van der Waals surface area contributed by atoms with E-state index in [0.29, 0.717) is 0 Å². The molecule has 3 rings (SSSR count). The van der Waals surface area contributed by atoms with Crippen molar-refractivity contribution < 1.29 is 38.6 Å². The van der Waals surface area contributed by atoms with Crippen molar-refractivity contribution >= 4 is 29.1 Å². The average molecular weight is 386 g/mol. The van der Waals surface area contributed by atoms with Crippen LogP contribution in [0.1, 0.15) is 49.2 Å². The van der Waals surface area contributed by atoms with Crippen molar-refractivity contribution in [1.82, 2.24) is 0 Å². The maximum Gasteiger partial charge on any atom is 0.308 e. The predicted molar refractivity (Wildman–Crippen MR) is 94.4 cm³/mol. The lowest BCUT2D eigenvalue weighted by molar-refractivity contribution is -0.141. The molecule has 0 aromatic heterocycles. The Kier molecular flexibility index (Phi) is 4.25. The zero-order chi connectivity index (χ0) is 21.1. The Hall–Kier alpha value is -3.29. The number of carbonyl (C=O) groups is 5. The minimum absolute atomic E-state index is 0.0400. The van der Waals surface area contributed by atoms with Crippen molar-refractivity contribution in [2.24, 2.45) is 5.92 Å². The first-order chi connectivity index (χ1) is 12.9. The minimum Gasteiger partial charge on any atom is -0.507 e. The van der Waals surface area contributed by atoms with E-state index in [-0.39, 0.29) is 33.9 Å². The summed E-state index contributed by atoms with van der Waals surface area (Å²) in [4.78, 5) is 61.2. The van der Waals surface area contributed by atoms with Crippen LogP contribution in [0.5, 0.6) is 17.2 Å². The Morgan fingerprint density at radius 3 is 2.29 bits per heavy atom. The van der Waals surface area contributed by atoms with Gasteiger partial charge in [0.25, 0.3) is 0 Å². The second-order valence-electron chi connectivity index (χ2n) is 7.08. The molecule has 2 unspecified atom stereocenters. The first-order valence-electron chi connectivity index (χ1n) is 8.50. The standard InChI is InChI=1S/C20H18O8/c1-7-16(25)14(9(3)22)18-15(17(7)27-10(4)23)20(5)12(28-18)6-11(24)13(8(2)21)19(20)26/h6,13,25H,1-5H3. The first-order valence-corrected chi connectivity index (χ1v) is 8.50. The third-order valence-electron chi connectivity index (χ3n) is 5.14. The molecule has 1 aliphatic heterocycles. The average Bonchev–Trinajstić information content (AvgIpc) is 2.84. The zero-order valence-electron chi connectivity index (χ0n) is 16.0. The number of esters is 1. The highest BCUT2D eigenvalue weighted by atomic mass is 16.5. The van der Waals surface area contributed by atoms with E-state index >= 15 is 0 Å². The lowest BCUT2D eigenvalue weighted by Crippen LogP contribution is -2.47. The number of allylic oxidation sites excluding steroid dienone is 2. The molecule has 2 atom stereocenters. The maximum absolute atomic E-state index is 13.2. The van der Waals surface area contributed by atoms with Gasteiger partial charge in [-0.2, -0.15) is 0 Å². The van der Waals surface area contributed by atoms with Crippen LogP contribution in [-0.2, 0) is 24.6 Å². The van der Waals surface area contributed by atoms with Crippen molar-refractivity contribution in [2.45, 2.75) is 40.0 Å². The molecular formula is C20H18O8. The predicted octanol–water partition coefficient (Wildman–Crippen LogP) is 1.72. The van der Waals surface area contributed by atoms with E-state index in [4.69, 9.17) is 9.47 Å². The number of rotatable bonds is 3. The van der Waals surface area contributed by atoms with Crippen LogP contribution in [0.3, 0.4) is 0 Å². The molecule has 1 aromatic rings. The van der Waals surface area contributed by atoms with Crippen LogP contribution in [0, 0.1) is 12.8 Å². The third kappa shape index (κ3) is 2.41. The summed E-state index contributed by atoms with van der Waals surface area (Å²) in [6, 6.07) is 0. The van der Waals surface area contributed by atoms with Crippen molar-refractivity contribution in [2.75, 3.05) is 0 Å². The summed E-state index contributed by atoms with van der Waals surface area (Å²) < 4.78 is 10.9. The van der Waals surface area contributed by atoms with Crippen LogP contribution in [0.15, 0.2) is 11.8 Å². The topological polar surface area (TPSA) is 124 Å². The molecule has 0 saturated carbocycles. The highest BCUT2D eigenvalue weighted by Crippen LogP contribution is 2.57. The van der Waals surface area contributed by atoms with Gasteiger partial charge >= 0.3 is 5.97 Å². The smallest absolute Gasteiger partial charge is 0.308 e. The van der Waals surface area contributed by atoms with Gasteiger partial charge < -0.3 is 14.6 Å². The normalized spacial score (nSPS) is 22.8. The number of aromatic hydroxyl groups is 1. The molecule has 0 spiro atoms. The molecule has 0 amide bonds. The Morgan fingerprint density at radius 2 is 1.79 bits per heavy atom. The Bertz CT molecular complexity index is 1030. The lowest BCUT2D eigenvalue weighted by Gasteiger charge is -2.30. The fourth-order valence-corrected chi connectivity index (χ4v) is 3.74. The quantitative estimate of drug-likeness (QED) is 0.360. The number of hydrogen-bond acceptors (Lipinski definition) is 8. The summed E-state index contributed by atoms with van der Waals surface area (Å²) in [6.45, 7) is 6.33. The number of hydrogen-bond donors (Lipinski definition) is 1. The van der Waals surface area contributed by atoms with Gasteiger partial charge in [0.1, 0.15) is 45.7 Å². The molecule has 146 valence electrons. The van der Waals surface area contributed by atoms with E-state index in [1.807, 2.05) is 0 Å². The summed E-state index contributed by atoms with van der Waals surface area (Å²) in [6.07, 6.45) is 1.04. The van der Waals surface area contributed by atoms with Crippen LogP contribution >= 0.6 is 0 Å². The Labute approximate surface area is 160 Å². The lowest BCUT2D eigenvalue weighted by atomic mass is 9.67. The van der Waals surface area contributed by atoms with Gasteiger partial charge in [0, 0.05) is 18.6 Å². The minimum atomic E-state index is -1.63. The summed E-state index contributed by atoms with van der Waals surface area (Å²) in [5, 5.41) is 10.5. The van der Waals surface area contributed by atoms with E-state index < -0.39 is 46.2 Å². The van der Waals surface area contributed by atoms with Gasteiger partial charge in [-0.25, -0.2) is 0 Å². The largest absolute Gasteiger partial charge is 0.507 e. The number of Topliss-reactive ketones (excluding diaryl/α,β-unsaturated/α-hetero) is 3. The van der Waals surface area contributed by atoms with Crippen molar-refractivity contribution in [1.29, 1.82) is 0 Å². The SMILES string of the molecule is CC(=O)Oc1c(C)c(O)c(C(C)=O)c2c1C1(C)C(=O)C(C(C)=O)C(=O)C=C1O2. The molecule has 1 N–H and O–H groups in total. The van der Waals surface area contributed by atoms with E-state index in [2.05, 4.69) is 0 Å². The van der Waals surface area contributed by atoms with E-state index in [0.717, 1.165) is 19.9 Å². The number of ether oxygens (including phenoxy) is 2. The van der Waals surface area contributed by atoms with Gasteiger partial charge in [-0.1, -0.05) is 0 Å². The second kappa shape index (κ2) is 6.12. The van der Waals surface area contributed by atoms with E-state index in [1.165, 1.54) is 20.8 Å². The van der Waals surface area contributed by atoms with Crippen LogP contribution in [0.4, 0.5) is 0 Å². The number of ketones is 4. The fourth-order valence-electron chi connectivity index (χ4n) is 3.74. The Balaban J connectivity index is 2.45. The number of benzene rings is 1. The van der Waals surface area contributed by atoms with Crippen LogP contribution in [0.25, 0.3) is 0 Å². The van der Waals surface area contributed by atoms with Crippen molar-refractivity contribution in [3.8, 4) is 17.2 Å². The zero-order valence-corrected chi connectivity index (χ0v) is 16.0. The molecule has 2 aliphatic rings. The first kappa shape index (κ1) is 19.5. The molecule has 0 bridgehead atoms. The van der Waals surface area contributed by atoms with Gasteiger partial charge in [-0.05, 0) is 27.7 Å². The van der Waals surface area contributed by atoms with E-state index in [9.17, 15) is 29.1 Å². The highest BCUT2D eigenvalue weighted by molar-refractivity contribution is 6.27. The van der Waals surface area contributed by atoms with E-state index in [1.54, 1.807) is 0 Å². The third-order valence-corrected chi connectivity index (χ3v) is 5.14. The number of fused-ring (bicyclic) bond motifs is 3. The highest BCUT2D eigenvalue weighted by Gasteiger charge is 2.58. The molecule has 1 aliphatic carbocycles. The van der Waals surface area contributed by atoms with Gasteiger partial charge in [0.05, 0.1) is 5.56 Å². The molecule has 0 radical (unpaired) electrons. The van der Waals surface area contributed by atoms with Gasteiger partial charge in [0.15, 0.2) is 17.3 Å². The van der Waals surface area contributed by atoms with Gasteiger partial charge in [-0.3, -0.25) is 24.0 Å². The van der Waals surface area contributed by atoms with Crippen LogP contribution in [-0.4, -0.2) is 34.2 Å². The summed E-state index contributed by atoms with van der Waals surface area (Å²) in [5.41, 5.74) is -1.72. The Morgan fingerprint density at radius 1 is 1.18 bits per heavy atom. The maximum atomic E-state index is 13.2. The van der Waals surface area contributed by atoms with Crippen molar-refractivity contribution in [3.63, 3.8) is 0 Å². The summed E-state index contributed by atoms with van der Waals surface area (Å²) in [5.74, 6) is -5.72. The molecule has 1 heterocycles. The molecule has 8 heteroatoms. The number of phenolic OH excluding ortho intramolecular Hbond substituents is 1. The monoisotopic (exact) mass is 386 g/mol.